The quantitative estimate of drug-likeness (QED) is 0.896. The molecule has 98 valence electrons. The highest BCUT2D eigenvalue weighted by Crippen LogP contribution is 2.40. The minimum atomic E-state index is -0.696. The average molecular weight is 264 g/mol. The van der Waals surface area contributed by atoms with Crippen LogP contribution >= 0.6 is 11.8 Å². The number of fused-ring (bicyclic) bond motifs is 1. The minimum Gasteiger partial charge on any atom is -0.481 e. The topological polar surface area (TPSA) is 37.3 Å². The first-order chi connectivity index (χ1) is 8.58. The monoisotopic (exact) mass is 264 g/mol. The lowest BCUT2D eigenvalue weighted by atomic mass is 9.88. The van der Waals surface area contributed by atoms with Gasteiger partial charge in [0.15, 0.2) is 0 Å². The summed E-state index contributed by atoms with van der Waals surface area (Å²) >= 11 is 1.80. The number of thioether (sulfide) groups is 1. The summed E-state index contributed by atoms with van der Waals surface area (Å²) in [5, 5.41) is 9.20. The van der Waals surface area contributed by atoms with E-state index in [0.717, 1.165) is 0 Å². The van der Waals surface area contributed by atoms with Gasteiger partial charge in [0.1, 0.15) is 0 Å². The third-order valence-corrected chi connectivity index (χ3v) is 4.98. The van der Waals surface area contributed by atoms with Gasteiger partial charge in [0, 0.05) is 11.0 Å². The Morgan fingerprint density at radius 2 is 2.11 bits per heavy atom. The number of benzene rings is 1. The van der Waals surface area contributed by atoms with Gasteiger partial charge in [-0.2, -0.15) is 11.8 Å². The summed E-state index contributed by atoms with van der Waals surface area (Å²) in [7, 11) is 0. The molecule has 0 fully saturated rings. The maximum atomic E-state index is 10.6. The Bertz CT molecular complexity index is 454. The van der Waals surface area contributed by atoms with Crippen molar-refractivity contribution < 1.29 is 9.90 Å². The predicted molar refractivity (Wildman–Crippen MR) is 76.3 cm³/mol. The van der Waals surface area contributed by atoms with Gasteiger partial charge in [-0.3, -0.25) is 4.79 Å². The van der Waals surface area contributed by atoms with Crippen LogP contribution < -0.4 is 0 Å². The first-order valence-electron chi connectivity index (χ1n) is 6.51. The lowest BCUT2D eigenvalue weighted by Gasteiger charge is -2.26. The van der Waals surface area contributed by atoms with Gasteiger partial charge in [-0.15, -0.1) is 0 Å². The van der Waals surface area contributed by atoms with Crippen LogP contribution in [0.4, 0.5) is 0 Å². The van der Waals surface area contributed by atoms with E-state index in [0.29, 0.717) is 11.0 Å². The smallest absolute Gasteiger partial charge is 0.304 e. The lowest BCUT2D eigenvalue weighted by molar-refractivity contribution is -0.136. The molecule has 2 rings (SSSR count). The molecule has 1 unspecified atom stereocenters. The fourth-order valence-corrected chi connectivity index (χ4v) is 3.82. The number of hydrogen-bond donors (Lipinski definition) is 1. The van der Waals surface area contributed by atoms with Crippen LogP contribution in [0.2, 0.25) is 0 Å². The van der Waals surface area contributed by atoms with E-state index >= 15 is 0 Å². The second-order valence-corrected chi connectivity index (χ2v) is 6.34. The molecule has 0 saturated heterocycles. The van der Waals surface area contributed by atoms with E-state index in [1.165, 1.54) is 41.5 Å². The summed E-state index contributed by atoms with van der Waals surface area (Å²) in [6, 6.07) is 4.62. The molecule has 0 amide bonds. The maximum absolute atomic E-state index is 10.6. The molecular weight excluding hydrogens is 244 g/mol. The molecule has 1 N–H and O–H groups in total. The molecule has 0 aromatic heterocycles. The molecule has 3 heteroatoms. The van der Waals surface area contributed by atoms with Crippen LogP contribution in [-0.4, -0.2) is 16.8 Å². The zero-order valence-electron chi connectivity index (χ0n) is 11.0. The molecule has 0 radical (unpaired) electrons. The molecule has 18 heavy (non-hydrogen) atoms. The highest BCUT2D eigenvalue weighted by Gasteiger charge is 2.21. The molecular formula is C15H20O2S. The first-order valence-corrected chi connectivity index (χ1v) is 7.56. The number of hydrogen-bond acceptors (Lipinski definition) is 2. The van der Waals surface area contributed by atoms with E-state index in [4.69, 9.17) is 5.11 Å². The van der Waals surface area contributed by atoms with E-state index < -0.39 is 5.97 Å². The Labute approximate surface area is 113 Å². The second-order valence-electron chi connectivity index (χ2n) is 5.03. The molecule has 0 spiro atoms. The Hall–Kier alpha value is -0.960. The normalized spacial score (nSPS) is 18.4. The lowest BCUT2D eigenvalue weighted by Crippen LogP contribution is -2.09. The SMILES string of the molecule is Cc1cc2c(cc1C)C(SCCC(=O)O)CCC2. The number of aliphatic carboxylic acids is 1. The van der Waals surface area contributed by atoms with Gasteiger partial charge in [0.2, 0.25) is 0 Å². The van der Waals surface area contributed by atoms with E-state index in [1.54, 1.807) is 11.8 Å². The summed E-state index contributed by atoms with van der Waals surface area (Å²) in [5.41, 5.74) is 5.63. The third kappa shape index (κ3) is 3.08. The van der Waals surface area contributed by atoms with Crippen molar-refractivity contribution in [2.45, 2.75) is 44.8 Å². The predicted octanol–water partition coefficient (Wildman–Crippen LogP) is 3.89. The van der Waals surface area contributed by atoms with Gasteiger partial charge in [-0.25, -0.2) is 0 Å². The largest absolute Gasteiger partial charge is 0.481 e. The zero-order valence-corrected chi connectivity index (χ0v) is 11.8. The van der Waals surface area contributed by atoms with Gasteiger partial charge in [-0.1, -0.05) is 12.1 Å². The summed E-state index contributed by atoms with van der Waals surface area (Å²) < 4.78 is 0. The summed E-state index contributed by atoms with van der Waals surface area (Å²) in [6.07, 6.45) is 3.84. The molecule has 1 aromatic carbocycles. The molecule has 0 aliphatic heterocycles. The van der Waals surface area contributed by atoms with Crippen molar-refractivity contribution in [1.29, 1.82) is 0 Å². The van der Waals surface area contributed by atoms with Crippen molar-refractivity contribution in [2.24, 2.45) is 0 Å². The highest BCUT2D eigenvalue weighted by molar-refractivity contribution is 7.99. The molecule has 2 nitrogen and oxygen atoms in total. The van der Waals surface area contributed by atoms with Crippen molar-refractivity contribution in [1.82, 2.24) is 0 Å². The van der Waals surface area contributed by atoms with Crippen molar-refractivity contribution >= 4 is 17.7 Å². The van der Waals surface area contributed by atoms with E-state index in [9.17, 15) is 4.79 Å². The van der Waals surface area contributed by atoms with Crippen LogP contribution in [0.15, 0.2) is 12.1 Å². The van der Waals surface area contributed by atoms with Crippen molar-refractivity contribution in [2.75, 3.05) is 5.75 Å². The number of rotatable bonds is 4. The van der Waals surface area contributed by atoms with Gasteiger partial charge < -0.3 is 5.11 Å². The molecule has 1 atom stereocenters. The van der Waals surface area contributed by atoms with Crippen molar-refractivity contribution in [3.8, 4) is 0 Å². The highest BCUT2D eigenvalue weighted by atomic mass is 32.2. The summed E-state index contributed by atoms with van der Waals surface area (Å²) in [5.74, 6) is 0.0189. The molecule has 1 aliphatic rings. The summed E-state index contributed by atoms with van der Waals surface area (Å²) in [6.45, 7) is 4.32. The standard InChI is InChI=1S/C15H20O2S/c1-10-8-12-4-3-5-14(13(12)9-11(10)2)18-7-6-15(16)17/h8-9,14H,3-7H2,1-2H3,(H,16,17). The maximum Gasteiger partial charge on any atom is 0.304 e. The van der Waals surface area contributed by atoms with E-state index in [1.807, 2.05) is 0 Å². The average Bonchev–Trinajstić information content (AvgIpc) is 2.31. The van der Waals surface area contributed by atoms with Crippen LogP contribution in [0.3, 0.4) is 0 Å². The van der Waals surface area contributed by atoms with Crippen molar-refractivity contribution in [3.05, 3.63) is 34.4 Å². The van der Waals surface area contributed by atoms with E-state index in [-0.39, 0.29) is 6.42 Å². The zero-order chi connectivity index (χ0) is 13.1. The van der Waals surface area contributed by atoms with Gasteiger partial charge in [0.05, 0.1) is 6.42 Å². The number of carboxylic acids is 1. The molecule has 1 aromatic rings. The fourth-order valence-electron chi connectivity index (χ4n) is 2.51. The molecule has 0 heterocycles. The Morgan fingerprint density at radius 1 is 1.39 bits per heavy atom. The van der Waals surface area contributed by atoms with Crippen LogP contribution in [0.25, 0.3) is 0 Å². The van der Waals surface area contributed by atoms with Gasteiger partial charge >= 0.3 is 5.97 Å². The first kappa shape index (κ1) is 13.5. The fraction of sp³-hybridized carbons (Fsp3) is 0.533. The summed E-state index contributed by atoms with van der Waals surface area (Å²) in [4.78, 5) is 10.6. The second kappa shape index (κ2) is 5.79. The Balaban J connectivity index is 2.12. The number of carbonyl (C=O) groups is 1. The third-order valence-electron chi connectivity index (χ3n) is 3.65. The van der Waals surface area contributed by atoms with Crippen LogP contribution in [0.5, 0.6) is 0 Å². The van der Waals surface area contributed by atoms with Crippen molar-refractivity contribution in [3.63, 3.8) is 0 Å². The molecule has 0 bridgehead atoms. The molecule has 1 aliphatic carbocycles. The minimum absolute atomic E-state index is 0.265. The molecule has 0 saturated carbocycles. The van der Waals surface area contributed by atoms with Crippen LogP contribution in [-0.2, 0) is 11.2 Å². The van der Waals surface area contributed by atoms with Gasteiger partial charge in [0.25, 0.3) is 0 Å². The number of aryl methyl sites for hydroxylation is 3. The number of carboxylic acid groups (broad SMARTS) is 1. The van der Waals surface area contributed by atoms with Gasteiger partial charge in [-0.05, 0) is 55.4 Å². The Kier molecular flexibility index (Phi) is 4.33. The van der Waals surface area contributed by atoms with Crippen LogP contribution in [0, 0.1) is 13.8 Å². The van der Waals surface area contributed by atoms with E-state index in [2.05, 4.69) is 26.0 Å². The van der Waals surface area contributed by atoms with Crippen LogP contribution in [0.1, 0.15) is 46.8 Å². The Morgan fingerprint density at radius 3 is 2.83 bits per heavy atom.